The van der Waals surface area contributed by atoms with Gasteiger partial charge in [-0.1, -0.05) is 72.2 Å². The molecule has 0 bridgehead atoms. The average Bonchev–Trinajstić information content (AvgIpc) is 3.70. The van der Waals surface area contributed by atoms with E-state index < -0.39 is 48.2 Å². The van der Waals surface area contributed by atoms with Crippen LogP contribution in [0.4, 0.5) is 4.79 Å². The van der Waals surface area contributed by atoms with Gasteiger partial charge in [0.05, 0.1) is 0 Å². The molecule has 0 radical (unpaired) electrons. The number of para-hydroxylation sites is 1. The lowest BCUT2D eigenvalue weighted by atomic mass is 9.97. The fourth-order valence-electron chi connectivity index (χ4n) is 6.43. The van der Waals surface area contributed by atoms with Gasteiger partial charge in [0, 0.05) is 49.8 Å². The van der Waals surface area contributed by atoms with Crippen molar-refractivity contribution in [1.82, 2.24) is 15.5 Å². The van der Waals surface area contributed by atoms with E-state index in [0.29, 0.717) is 48.9 Å². The molecule has 2 saturated heterocycles. The number of hydrogen-bond acceptors (Lipinski definition) is 12. The highest BCUT2D eigenvalue weighted by Gasteiger charge is 2.31. The van der Waals surface area contributed by atoms with Crippen LogP contribution in [-0.4, -0.2) is 89.7 Å². The maximum atomic E-state index is 13.8. The summed E-state index contributed by atoms with van der Waals surface area (Å²) >= 11 is 0. The first-order chi connectivity index (χ1) is 27.3. The number of benzene rings is 2. The van der Waals surface area contributed by atoms with E-state index in [9.17, 15) is 28.8 Å². The third kappa shape index (κ3) is 15.8. The summed E-state index contributed by atoms with van der Waals surface area (Å²) < 4.78 is 22.2. The molecule has 1 unspecified atom stereocenters. The molecule has 4 N–H and O–H groups in total. The van der Waals surface area contributed by atoms with Crippen molar-refractivity contribution in [2.24, 2.45) is 17.6 Å². The first-order valence-corrected chi connectivity index (χ1v) is 22.0. The molecular formula is C41H56N4O10S2. The molecule has 4 amide bonds. The minimum atomic E-state index is -1.24. The zero-order valence-corrected chi connectivity index (χ0v) is 34.8. The van der Waals surface area contributed by atoms with Gasteiger partial charge in [0.25, 0.3) is 5.91 Å². The van der Waals surface area contributed by atoms with Crippen molar-refractivity contribution >= 4 is 57.3 Å². The molecule has 0 aliphatic carbocycles. The van der Waals surface area contributed by atoms with Crippen LogP contribution in [0.25, 0.3) is 0 Å². The van der Waals surface area contributed by atoms with Crippen LogP contribution in [0.3, 0.4) is 0 Å². The van der Waals surface area contributed by atoms with Gasteiger partial charge in [0.1, 0.15) is 23.6 Å². The number of carbonyl (C=O) groups excluding carboxylic acids is 6. The van der Waals surface area contributed by atoms with Gasteiger partial charge < -0.3 is 40.2 Å². The monoisotopic (exact) mass is 828 g/mol. The predicted molar refractivity (Wildman–Crippen MR) is 218 cm³/mol. The van der Waals surface area contributed by atoms with Gasteiger partial charge in [-0.05, 0) is 80.7 Å². The lowest BCUT2D eigenvalue weighted by molar-refractivity contribution is -0.186. The molecule has 2 aliphatic rings. The highest BCUT2D eigenvalue weighted by atomic mass is 33.1. The van der Waals surface area contributed by atoms with Crippen molar-refractivity contribution in [3.63, 3.8) is 0 Å². The second kappa shape index (κ2) is 23.1. The maximum Gasteiger partial charge on any atom is 0.415 e. The number of piperidine rings is 1. The Morgan fingerprint density at radius 2 is 1.61 bits per heavy atom. The van der Waals surface area contributed by atoms with Crippen LogP contribution in [0.1, 0.15) is 83.3 Å². The number of carbonyl (C=O) groups is 6. The highest BCUT2D eigenvalue weighted by Crippen LogP contribution is 2.40. The number of nitrogens with one attached hydrogen (secondary N) is 2. The van der Waals surface area contributed by atoms with Crippen molar-refractivity contribution < 1.29 is 47.7 Å². The van der Waals surface area contributed by atoms with Crippen molar-refractivity contribution in [1.29, 1.82) is 0 Å². The van der Waals surface area contributed by atoms with Crippen LogP contribution in [0.5, 0.6) is 11.5 Å². The van der Waals surface area contributed by atoms with E-state index >= 15 is 0 Å². The Labute approximate surface area is 342 Å². The molecule has 2 aromatic rings. The van der Waals surface area contributed by atoms with Crippen molar-refractivity contribution in [2.45, 2.75) is 109 Å². The second-order valence-electron chi connectivity index (χ2n) is 14.8. The van der Waals surface area contributed by atoms with Gasteiger partial charge in [-0.2, -0.15) is 0 Å². The van der Waals surface area contributed by atoms with Gasteiger partial charge in [-0.25, -0.2) is 9.59 Å². The fraction of sp³-hybridized carbons (Fsp3) is 0.561. The number of rotatable bonds is 20. The molecule has 4 atom stereocenters. The Balaban J connectivity index is 1.39. The van der Waals surface area contributed by atoms with Crippen LogP contribution in [0.15, 0.2) is 48.5 Å². The summed E-state index contributed by atoms with van der Waals surface area (Å²) in [7, 11) is 3.78. The Morgan fingerprint density at radius 3 is 2.26 bits per heavy atom. The molecular weight excluding hydrogens is 773 g/mol. The molecule has 312 valence electrons. The third-order valence-corrected chi connectivity index (χ3v) is 12.6. The van der Waals surface area contributed by atoms with Crippen LogP contribution in [-0.2, 0) is 39.9 Å². The minimum absolute atomic E-state index is 0.00347. The fourth-order valence-corrected chi connectivity index (χ4v) is 9.45. The smallest absolute Gasteiger partial charge is 0.415 e. The first-order valence-electron chi connectivity index (χ1n) is 19.6. The quantitative estimate of drug-likeness (QED) is 0.0661. The number of amides is 4. The van der Waals surface area contributed by atoms with Gasteiger partial charge in [-0.3, -0.25) is 19.2 Å². The van der Waals surface area contributed by atoms with E-state index in [1.807, 2.05) is 54.5 Å². The Morgan fingerprint density at radius 1 is 0.895 bits per heavy atom. The molecule has 0 aromatic heterocycles. The van der Waals surface area contributed by atoms with Gasteiger partial charge in [-0.15, -0.1) is 0 Å². The first kappa shape index (κ1) is 45.3. The largest absolute Gasteiger partial charge is 0.484 e. The summed E-state index contributed by atoms with van der Waals surface area (Å²) in [5.41, 5.74) is 6.86. The summed E-state index contributed by atoms with van der Waals surface area (Å²) in [5.74, 6) is -1.13. The zero-order valence-electron chi connectivity index (χ0n) is 33.2. The number of esters is 2. The predicted octanol–water partition coefficient (Wildman–Crippen LogP) is 5.47. The molecule has 0 saturated carbocycles. The number of hydrogen-bond donors (Lipinski definition) is 3. The number of likely N-dealkylation sites (tertiary alicyclic amines) is 1. The number of nitrogens with zero attached hydrogens (tertiary/aromatic N) is 1. The summed E-state index contributed by atoms with van der Waals surface area (Å²) in [6.07, 6.45) is 3.37. The highest BCUT2D eigenvalue weighted by molar-refractivity contribution is 8.77. The van der Waals surface area contributed by atoms with E-state index in [1.54, 1.807) is 36.4 Å². The van der Waals surface area contributed by atoms with Crippen molar-refractivity contribution in [2.75, 3.05) is 25.4 Å². The molecule has 2 aliphatic heterocycles. The SMILES string of the molecule is Cc1ccccc1OCC(=O)N[C@@H](CC(C)C)C(=O)N[C@@H](Cc1ccc(OC(=O)N2CCC(C(N)=O)CC2)cc1)C(=O)OC(C)OC(=O)CCCC[C@@H]1CCSS1. The number of primary amides is 1. The molecule has 2 heterocycles. The van der Waals surface area contributed by atoms with Crippen LogP contribution in [0.2, 0.25) is 0 Å². The van der Waals surface area contributed by atoms with E-state index in [1.165, 1.54) is 18.2 Å². The number of unbranched alkanes of at least 4 members (excludes halogenated alkanes) is 1. The zero-order chi connectivity index (χ0) is 41.3. The third-order valence-electron chi connectivity index (χ3n) is 9.60. The molecule has 57 heavy (non-hydrogen) atoms. The summed E-state index contributed by atoms with van der Waals surface area (Å²) in [6, 6.07) is 11.5. The molecule has 14 nitrogen and oxygen atoms in total. The Bertz CT molecular complexity index is 1660. The van der Waals surface area contributed by atoms with Crippen LogP contribution < -0.4 is 25.8 Å². The molecule has 4 rings (SSSR count). The maximum absolute atomic E-state index is 13.8. The molecule has 0 spiro atoms. The lowest BCUT2D eigenvalue weighted by Gasteiger charge is -2.29. The summed E-state index contributed by atoms with van der Waals surface area (Å²) in [4.78, 5) is 78.8. The number of ether oxygens (including phenoxy) is 4. The number of nitrogens with two attached hydrogens (primary N) is 1. The summed E-state index contributed by atoms with van der Waals surface area (Å²) in [6.45, 7) is 7.49. The summed E-state index contributed by atoms with van der Waals surface area (Å²) in [5, 5.41) is 6.10. The standard InChI is InChI=1S/C41H56N4O10S2/c1-26(2)23-33(43-36(46)25-52-35-11-7-5-9-27(35)3)39(49)44-34(40(50)54-28(4)53-37(47)12-8-6-10-32-19-22-56-57-32)24-29-13-15-31(16-14-29)55-41(51)45-20-17-30(18-21-45)38(42)48/h5,7,9,11,13-16,26,28,30,32-34H,6,8,10,12,17-25H2,1-4H3,(H2,42,48)(H,43,46)(H,44,49)/t28?,32-,33+,34+/m1/s1. The van der Waals surface area contributed by atoms with Crippen LogP contribution in [0, 0.1) is 18.8 Å². The normalized spacial score (nSPS) is 17.2. The average molecular weight is 829 g/mol. The molecule has 16 heteroatoms. The van der Waals surface area contributed by atoms with E-state index in [-0.39, 0.29) is 49.4 Å². The minimum Gasteiger partial charge on any atom is -0.484 e. The van der Waals surface area contributed by atoms with E-state index in [2.05, 4.69) is 10.6 Å². The van der Waals surface area contributed by atoms with Gasteiger partial charge in [0.15, 0.2) is 6.61 Å². The molecule has 2 aromatic carbocycles. The Hall–Kier alpha value is -4.44. The van der Waals surface area contributed by atoms with E-state index in [0.717, 1.165) is 24.2 Å². The number of aryl methyl sites for hydroxylation is 1. The van der Waals surface area contributed by atoms with Gasteiger partial charge in [0.2, 0.25) is 18.1 Å². The van der Waals surface area contributed by atoms with Crippen LogP contribution >= 0.6 is 21.6 Å². The van der Waals surface area contributed by atoms with E-state index in [4.69, 9.17) is 24.7 Å². The topological polar surface area (TPSA) is 193 Å². The Kier molecular flexibility index (Phi) is 18.3. The van der Waals surface area contributed by atoms with Crippen molar-refractivity contribution in [3.05, 3.63) is 59.7 Å². The second-order valence-corrected chi connectivity index (χ2v) is 17.6. The van der Waals surface area contributed by atoms with Gasteiger partial charge >= 0.3 is 18.0 Å². The lowest BCUT2D eigenvalue weighted by Crippen LogP contribution is -2.54. The van der Waals surface area contributed by atoms with Crippen molar-refractivity contribution in [3.8, 4) is 11.5 Å². The molecule has 2 fully saturated rings.